The van der Waals surface area contributed by atoms with Gasteiger partial charge in [0.2, 0.25) is 5.91 Å². The van der Waals surface area contributed by atoms with Gasteiger partial charge in [-0.2, -0.15) is 18.3 Å². The number of nitrogens with zero attached hydrogens (tertiary/aromatic N) is 3. The minimum absolute atomic E-state index is 0.0478. The second-order valence-electron chi connectivity index (χ2n) is 9.23. The number of aromatic amines is 1. The van der Waals surface area contributed by atoms with Gasteiger partial charge in [-0.15, -0.1) is 0 Å². The molecular weight excluding hydrogens is 495 g/mol. The van der Waals surface area contributed by atoms with E-state index in [4.69, 9.17) is 10.8 Å². The summed E-state index contributed by atoms with van der Waals surface area (Å²) in [5, 5.41) is 26.2. The van der Waals surface area contributed by atoms with Gasteiger partial charge in [-0.3, -0.25) is 20.7 Å². The van der Waals surface area contributed by atoms with E-state index in [9.17, 15) is 18.0 Å². The van der Waals surface area contributed by atoms with Crippen LogP contribution in [0.5, 0.6) is 0 Å². The molecule has 0 spiro atoms. The van der Waals surface area contributed by atoms with E-state index in [1.807, 2.05) is 26.0 Å². The summed E-state index contributed by atoms with van der Waals surface area (Å²) in [4.78, 5) is 16.8. The van der Waals surface area contributed by atoms with Crippen molar-refractivity contribution in [2.75, 3.05) is 7.05 Å². The number of likely N-dealkylation sites (N-methyl/N-ethyl adjacent to an activating group) is 1. The fourth-order valence-corrected chi connectivity index (χ4v) is 4.69. The number of rotatable bonds is 7. The van der Waals surface area contributed by atoms with E-state index < -0.39 is 17.9 Å². The van der Waals surface area contributed by atoms with Gasteiger partial charge in [0.15, 0.2) is 0 Å². The molecule has 4 rings (SSSR count). The number of halogens is 3. The smallest absolute Gasteiger partial charge is 0.348 e. The molecule has 11 heteroatoms. The normalized spacial score (nSPS) is 15.1. The molecule has 4 N–H and O–H groups in total. The second-order valence-corrected chi connectivity index (χ2v) is 9.23. The molecule has 2 atom stereocenters. The van der Waals surface area contributed by atoms with Gasteiger partial charge in [-0.1, -0.05) is 38.5 Å². The van der Waals surface area contributed by atoms with Gasteiger partial charge < -0.3 is 10.2 Å². The van der Waals surface area contributed by atoms with Crippen molar-refractivity contribution in [1.29, 1.82) is 10.8 Å². The molecular formula is C27H34F3N7O. The summed E-state index contributed by atoms with van der Waals surface area (Å²) in [6, 6.07) is 7.54. The highest BCUT2D eigenvalue weighted by Crippen LogP contribution is 2.42. The maximum atomic E-state index is 13.7. The summed E-state index contributed by atoms with van der Waals surface area (Å²) >= 11 is 0. The number of hydrogen-bond acceptors (Lipinski definition) is 5. The lowest BCUT2D eigenvalue weighted by atomic mass is 9.72. The first-order chi connectivity index (χ1) is 18.0. The van der Waals surface area contributed by atoms with Crippen LogP contribution in [-0.4, -0.2) is 45.2 Å². The summed E-state index contributed by atoms with van der Waals surface area (Å²) in [7, 11) is 1.66. The van der Waals surface area contributed by atoms with Gasteiger partial charge in [-0.05, 0) is 43.4 Å². The molecule has 3 aromatic rings. The quantitative estimate of drug-likeness (QED) is 0.213. The Morgan fingerprint density at radius 1 is 1.26 bits per heavy atom. The Morgan fingerprint density at radius 2 is 1.95 bits per heavy atom. The number of H-pyrrole nitrogens is 1. The third-order valence-electron chi connectivity index (χ3n) is 6.71. The van der Waals surface area contributed by atoms with Crippen molar-refractivity contribution in [3.05, 3.63) is 47.3 Å². The van der Waals surface area contributed by atoms with E-state index in [1.54, 1.807) is 26.1 Å². The minimum Gasteiger partial charge on any atom is -0.348 e. The number of nitrogens with one attached hydrogen (secondary N) is 4. The molecule has 0 aliphatic heterocycles. The largest absolute Gasteiger partial charge is 0.433 e. The van der Waals surface area contributed by atoms with Crippen LogP contribution in [0, 0.1) is 16.7 Å². The van der Waals surface area contributed by atoms with Crippen LogP contribution in [0.15, 0.2) is 30.3 Å². The molecule has 8 nitrogen and oxygen atoms in total. The van der Waals surface area contributed by atoms with Crippen LogP contribution in [0.2, 0.25) is 0 Å². The van der Waals surface area contributed by atoms with Crippen LogP contribution in [0.25, 0.3) is 22.2 Å². The highest BCUT2D eigenvalue weighted by atomic mass is 19.4. The first kappa shape index (κ1) is 28.8. The van der Waals surface area contributed by atoms with Gasteiger partial charge in [-0.25, -0.2) is 4.98 Å². The van der Waals surface area contributed by atoms with Crippen molar-refractivity contribution in [2.24, 2.45) is 5.92 Å². The zero-order chi connectivity index (χ0) is 28.2. The molecule has 38 heavy (non-hydrogen) atoms. The van der Waals surface area contributed by atoms with E-state index in [1.165, 1.54) is 11.8 Å². The zero-order valence-corrected chi connectivity index (χ0v) is 22.2. The number of amides is 1. The summed E-state index contributed by atoms with van der Waals surface area (Å²) in [6.45, 7) is 6.86. The van der Waals surface area contributed by atoms with Crippen LogP contribution in [0.1, 0.15) is 75.9 Å². The van der Waals surface area contributed by atoms with Gasteiger partial charge in [0.1, 0.15) is 17.2 Å². The number of carbonyl (C=O) groups excluding carboxylic acids is 1. The number of carbonyl (C=O) groups is 1. The van der Waals surface area contributed by atoms with Gasteiger partial charge in [0, 0.05) is 30.8 Å². The topological polar surface area (TPSA) is 122 Å². The monoisotopic (exact) mass is 529 g/mol. The Bertz CT molecular complexity index is 1310. The molecule has 1 aliphatic rings. The fourth-order valence-electron chi connectivity index (χ4n) is 4.69. The van der Waals surface area contributed by atoms with Gasteiger partial charge in [0.05, 0.1) is 23.6 Å². The molecule has 1 aliphatic carbocycles. The Labute approximate surface area is 220 Å². The number of benzene rings is 1. The fraction of sp³-hybridized carbons (Fsp3) is 0.444. The molecule has 0 radical (unpaired) electrons. The third kappa shape index (κ3) is 5.87. The molecule has 2 aromatic heterocycles. The Kier molecular flexibility index (Phi) is 8.90. The molecule has 2 heterocycles. The van der Waals surface area contributed by atoms with Crippen molar-refractivity contribution in [2.45, 2.75) is 65.1 Å². The minimum atomic E-state index is -4.68. The molecule has 204 valence electrons. The second kappa shape index (κ2) is 11.7. The van der Waals surface area contributed by atoms with Gasteiger partial charge in [0.25, 0.3) is 0 Å². The van der Waals surface area contributed by atoms with Crippen molar-refractivity contribution in [3.63, 3.8) is 0 Å². The van der Waals surface area contributed by atoms with Crippen LogP contribution in [0.4, 0.5) is 13.2 Å². The number of fused-ring (bicyclic) bond motifs is 1. The van der Waals surface area contributed by atoms with Crippen molar-refractivity contribution >= 4 is 29.0 Å². The molecule has 0 saturated heterocycles. The van der Waals surface area contributed by atoms with E-state index in [2.05, 4.69) is 20.5 Å². The summed E-state index contributed by atoms with van der Waals surface area (Å²) in [6.07, 6.45) is -0.562. The molecule has 1 fully saturated rings. The lowest BCUT2D eigenvalue weighted by Crippen LogP contribution is -2.36. The molecule has 1 aromatic carbocycles. The Balaban J connectivity index is 0.00000195. The number of aromatic nitrogens is 3. The van der Waals surface area contributed by atoms with Crippen LogP contribution in [0.3, 0.4) is 0 Å². The van der Waals surface area contributed by atoms with E-state index >= 15 is 0 Å². The molecule has 0 bridgehead atoms. The summed E-state index contributed by atoms with van der Waals surface area (Å²) < 4.78 is 41.2. The molecule has 2 unspecified atom stereocenters. The van der Waals surface area contributed by atoms with Crippen LogP contribution >= 0.6 is 0 Å². The van der Waals surface area contributed by atoms with Gasteiger partial charge >= 0.3 is 6.18 Å². The standard InChI is InChI=1S/C25H28F3N7O.C2H6/c1-13(31-14(2)36)21-23-18(11-19(32-21)25(26,27)28)22(33-34-23)17-9-5-8-16(10-17)20(15-6-4-7-15)24(30)35(3)12-29;1-2/h5,8-13,15,20,29-30H,4,6-7H2,1-3H3,(H,31,36)(H,33,34);1-2H3. The molecule has 1 saturated carbocycles. The third-order valence-corrected chi connectivity index (χ3v) is 6.71. The van der Waals surface area contributed by atoms with Crippen molar-refractivity contribution in [3.8, 4) is 11.3 Å². The van der Waals surface area contributed by atoms with E-state index in [0.717, 1.165) is 37.2 Å². The number of amidine groups is 1. The van der Waals surface area contributed by atoms with Crippen molar-refractivity contribution in [1.82, 2.24) is 25.4 Å². The average molecular weight is 530 g/mol. The van der Waals surface area contributed by atoms with E-state index in [0.29, 0.717) is 22.6 Å². The average Bonchev–Trinajstić information content (AvgIpc) is 3.29. The maximum Gasteiger partial charge on any atom is 0.433 e. The van der Waals surface area contributed by atoms with Crippen LogP contribution < -0.4 is 5.32 Å². The highest BCUT2D eigenvalue weighted by molar-refractivity contribution is 5.96. The zero-order valence-electron chi connectivity index (χ0n) is 22.2. The number of alkyl halides is 3. The lowest BCUT2D eigenvalue weighted by Gasteiger charge is -2.36. The highest BCUT2D eigenvalue weighted by Gasteiger charge is 2.36. The van der Waals surface area contributed by atoms with Crippen LogP contribution in [-0.2, 0) is 11.0 Å². The summed E-state index contributed by atoms with van der Waals surface area (Å²) in [5.74, 6) is -0.0640. The number of pyridine rings is 1. The predicted molar refractivity (Wildman–Crippen MR) is 142 cm³/mol. The Morgan fingerprint density at radius 3 is 2.50 bits per heavy atom. The van der Waals surface area contributed by atoms with Crippen molar-refractivity contribution < 1.29 is 18.0 Å². The maximum absolute atomic E-state index is 13.7. The SMILES string of the molecule is CC.CC(=O)NC(C)c1nc(C(F)(F)F)cc2c(-c3cccc(C(C(=N)N(C)C=N)C4CCC4)c3)n[nH]c12. The lowest BCUT2D eigenvalue weighted by molar-refractivity contribution is -0.141. The first-order valence-corrected chi connectivity index (χ1v) is 12.7. The molecule has 1 amide bonds. The summed E-state index contributed by atoms with van der Waals surface area (Å²) in [5.41, 5.74) is 1.08. The predicted octanol–water partition coefficient (Wildman–Crippen LogP) is 6.27. The first-order valence-electron chi connectivity index (χ1n) is 12.7. The van der Waals surface area contributed by atoms with E-state index in [-0.39, 0.29) is 28.8 Å². The Hall–Kier alpha value is -3.76. The number of hydrogen-bond donors (Lipinski definition) is 4.